The van der Waals surface area contributed by atoms with E-state index < -0.39 is 0 Å². The van der Waals surface area contributed by atoms with E-state index in [1.54, 1.807) is 12.4 Å². The van der Waals surface area contributed by atoms with Gasteiger partial charge in [-0.3, -0.25) is 4.98 Å². The van der Waals surface area contributed by atoms with Gasteiger partial charge in [-0.05, 0) is 12.0 Å². The Bertz CT molecular complexity index is 514. The third-order valence-corrected chi connectivity index (χ3v) is 2.78. The molecular formula is C13H14N2S. The Morgan fingerprint density at radius 2 is 2.00 bits per heavy atom. The van der Waals surface area contributed by atoms with Crippen LogP contribution in [-0.4, -0.2) is 9.97 Å². The normalized spacial score (nSPS) is 10.3. The molecule has 1 aromatic carbocycles. The Hall–Kier alpha value is -1.48. The summed E-state index contributed by atoms with van der Waals surface area (Å²) in [5.74, 6) is 0. The molecular weight excluding hydrogens is 216 g/mol. The number of nitrogens with one attached hydrogen (secondary N) is 1. The molecule has 0 aliphatic carbocycles. The molecule has 3 heteroatoms. The van der Waals surface area contributed by atoms with E-state index in [9.17, 15) is 0 Å². The Morgan fingerprint density at radius 3 is 2.62 bits per heavy atom. The summed E-state index contributed by atoms with van der Waals surface area (Å²) in [4.78, 5) is 7.28. The largest absolute Gasteiger partial charge is 0.350 e. The average Bonchev–Trinajstić information content (AvgIpc) is 2.31. The monoisotopic (exact) mass is 230 g/mol. The van der Waals surface area contributed by atoms with Gasteiger partial charge < -0.3 is 4.98 Å². The highest BCUT2D eigenvalue weighted by Crippen LogP contribution is 2.18. The summed E-state index contributed by atoms with van der Waals surface area (Å²) >= 11 is 5.20. The van der Waals surface area contributed by atoms with Gasteiger partial charge in [0, 0.05) is 18.0 Å². The van der Waals surface area contributed by atoms with Crippen molar-refractivity contribution in [1.82, 2.24) is 9.97 Å². The second-order valence-corrected chi connectivity index (χ2v) is 4.12. The SMILES string of the molecule is CCCc1ccc(-c2ncc[nH]c2=S)cc1. The van der Waals surface area contributed by atoms with Crippen molar-refractivity contribution in [3.8, 4) is 11.3 Å². The van der Waals surface area contributed by atoms with Gasteiger partial charge in [0.25, 0.3) is 0 Å². The number of benzene rings is 1. The van der Waals surface area contributed by atoms with E-state index in [-0.39, 0.29) is 0 Å². The zero-order valence-electron chi connectivity index (χ0n) is 9.23. The van der Waals surface area contributed by atoms with Gasteiger partial charge in [0.05, 0.1) is 0 Å². The van der Waals surface area contributed by atoms with Gasteiger partial charge in [0.1, 0.15) is 10.3 Å². The standard InChI is InChI=1S/C13H14N2S/c1-2-3-10-4-6-11(7-5-10)12-13(16)15-9-8-14-12/h4-9H,2-3H2,1H3,(H,15,16). The van der Waals surface area contributed by atoms with Gasteiger partial charge in [-0.1, -0.05) is 49.8 Å². The van der Waals surface area contributed by atoms with E-state index in [4.69, 9.17) is 12.2 Å². The quantitative estimate of drug-likeness (QED) is 0.813. The fourth-order valence-corrected chi connectivity index (χ4v) is 1.91. The minimum Gasteiger partial charge on any atom is -0.350 e. The van der Waals surface area contributed by atoms with Gasteiger partial charge in [-0.2, -0.15) is 0 Å². The smallest absolute Gasteiger partial charge is 0.129 e. The third-order valence-electron chi connectivity index (χ3n) is 2.47. The second kappa shape index (κ2) is 5.03. The number of aromatic amines is 1. The van der Waals surface area contributed by atoms with Crippen molar-refractivity contribution in [1.29, 1.82) is 0 Å². The summed E-state index contributed by atoms with van der Waals surface area (Å²) in [7, 11) is 0. The molecule has 1 aromatic heterocycles. The van der Waals surface area contributed by atoms with E-state index in [2.05, 4.69) is 41.2 Å². The zero-order chi connectivity index (χ0) is 11.4. The molecule has 2 rings (SSSR count). The molecule has 0 bridgehead atoms. The minimum atomic E-state index is 0.686. The highest BCUT2D eigenvalue weighted by molar-refractivity contribution is 7.71. The number of rotatable bonds is 3. The van der Waals surface area contributed by atoms with Crippen molar-refractivity contribution in [2.75, 3.05) is 0 Å². The van der Waals surface area contributed by atoms with Crippen molar-refractivity contribution in [3.05, 3.63) is 46.9 Å². The molecule has 0 radical (unpaired) electrons. The molecule has 0 aliphatic rings. The van der Waals surface area contributed by atoms with E-state index >= 15 is 0 Å². The molecule has 82 valence electrons. The first kappa shape index (κ1) is 11.0. The lowest BCUT2D eigenvalue weighted by atomic mass is 10.1. The van der Waals surface area contributed by atoms with Crippen molar-refractivity contribution in [2.45, 2.75) is 19.8 Å². The van der Waals surface area contributed by atoms with Gasteiger partial charge >= 0.3 is 0 Å². The maximum Gasteiger partial charge on any atom is 0.129 e. The summed E-state index contributed by atoms with van der Waals surface area (Å²) in [5.41, 5.74) is 3.28. The molecule has 0 saturated carbocycles. The first-order chi connectivity index (χ1) is 7.81. The van der Waals surface area contributed by atoms with Gasteiger partial charge in [-0.15, -0.1) is 0 Å². The first-order valence-corrected chi connectivity index (χ1v) is 5.85. The summed E-state index contributed by atoms with van der Waals surface area (Å²) < 4.78 is 0.686. The van der Waals surface area contributed by atoms with Gasteiger partial charge in [0.2, 0.25) is 0 Å². The molecule has 2 nitrogen and oxygen atoms in total. The van der Waals surface area contributed by atoms with Gasteiger partial charge in [-0.25, -0.2) is 0 Å². The van der Waals surface area contributed by atoms with E-state index in [0.717, 1.165) is 17.7 Å². The molecule has 16 heavy (non-hydrogen) atoms. The molecule has 1 heterocycles. The Morgan fingerprint density at radius 1 is 1.25 bits per heavy atom. The van der Waals surface area contributed by atoms with Crippen LogP contribution in [-0.2, 0) is 6.42 Å². The number of aryl methyl sites for hydroxylation is 1. The number of H-pyrrole nitrogens is 1. The van der Waals surface area contributed by atoms with Crippen LogP contribution in [0.25, 0.3) is 11.3 Å². The fraction of sp³-hybridized carbons (Fsp3) is 0.231. The molecule has 0 unspecified atom stereocenters. The number of hydrogen-bond donors (Lipinski definition) is 1. The van der Waals surface area contributed by atoms with Gasteiger partial charge in [0.15, 0.2) is 0 Å². The number of hydrogen-bond acceptors (Lipinski definition) is 2. The van der Waals surface area contributed by atoms with Crippen LogP contribution in [0.4, 0.5) is 0 Å². The lowest BCUT2D eigenvalue weighted by Gasteiger charge is -2.02. The summed E-state index contributed by atoms with van der Waals surface area (Å²) in [5, 5.41) is 0. The molecule has 0 fully saturated rings. The van der Waals surface area contributed by atoms with Crippen LogP contribution in [0.3, 0.4) is 0 Å². The molecule has 0 atom stereocenters. The summed E-state index contributed by atoms with van der Waals surface area (Å²) in [6.45, 7) is 2.18. The van der Waals surface area contributed by atoms with Crippen molar-refractivity contribution in [3.63, 3.8) is 0 Å². The minimum absolute atomic E-state index is 0.686. The molecule has 0 amide bonds. The first-order valence-electron chi connectivity index (χ1n) is 5.44. The number of nitrogens with zero attached hydrogens (tertiary/aromatic N) is 1. The van der Waals surface area contributed by atoms with E-state index in [1.165, 1.54) is 12.0 Å². The molecule has 0 saturated heterocycles. The Kier molecular flexibility index (Phi) is 3.47. The van der Waals surface area contributed by atoms with E-state index in [0.29, 0.717) is 4.64 Å². The van der Waals surface area contributed by atoms with Crippen LogP contribution in [0.5, 0.6) is 0 Å². The van der Waals surface area contributed by atoms with Crippen LogP contribution in [0.1, 0.15) is 18.9 Å². The maximum atomic E-state index is 5.20. The van der Waals surface area contributed by atoms with Crippen LogP contribution >= 0.6 is 12.2 Å². The predicted octanol–water partition coefficient (Wildman–Crippen LogP) is 3.76. The van der Waals surface area contributed by atoms with Crippen molar-refractivity contribution < 1.29 is 0 Å². The topological polar surface area (TPSA) is 28.7 Å². The summed E-state index contributed by atoms with van der Waals surface area (Å²) in [6, 6.07) is 8.44. The predicted molar refractivity (Wildman–Crippen MR) is 68.9 cm³/mol. The van der Waals surface area contributed by atoms with Crippen molar-refractivity contribution in [2.24, 2.45) is 0 Å². The molecule has 1 N–H and O–H groups in total. The third kappa shape index (κ3) is 2.36. The number of aromatic nitrogens is 2. The van der Waals surface area contributed by atoms with Crippen molar-refractivity contribution >= 4 is 12.2 Å². The summed E-state index contributed by atoms with van der Waals surface area (Å²) in [6.07, 6.45) is 5.76. The Balaban J connectivity index is 2.35. The molecule has 2 aromatic rings. The lowest BCUT2D eigenvalue weighted by Crippen LogP contribution is -1.88. The second-order valence-electron chi connectivity index (χ2n) is 3.71. The average molecular weight is 230 g/mol. The maximum absolute atomic E-state index is 5.20. The molecule has 0 aliphatic heterocycles. The highest BCUT2D eigenvalue weighted by atomic mass is 32.1. The van der Waals surface area contributed by atoms with Crippen LogP contribution < -0.4 is 0 Å². The van der Waals surface area contributed by atoms with Crippen LogP contribution in [0.2, 0.25) is 0 Å². The molecule has 0 spiro atoms. The van der Waals surface area contributed by atoms with Crippen LogP contribution in [0, 0.1) is 4.64 Å². The lowest BCUT2D eigenvalue weighted by molar-refractivity contribution is 0.922. The van der Waals surface area contributed by atoms with Crippen LogP contribution in [0.15, 0.2) is 36.7 Å². The Labute approximate surface area is 100 Å². The zero-order valence-corrected chi connectivity index (χ0v) is 10.1. The van der Waals surface area contributed by atoms with E-state index in [1.807, 2.05) is 0 Å². The fourth-order valence-electron chi connectivity index (χ4n) is 1.68. The highest BCUT2D eigenvalue weighted by Gasteiger charge is 2.00.